The molecular weight excluding hydrogens is 176 g/mol. The van der Waals surface area contributed by atoms with Gasteiger partial charge in [0, 0.05) is 6.42 Å². The van der Waals surface area contributed by atoms with Gasteiger partial charge in [-0.25, -0.2) is 0 Å². The van der Waals surface area contributed by atoms with Crippen molar-refractivity contribution in [3.8, 4) is 0 Å². The molecule has 0 amide bonds. The third kappa shape index (κ3) is 3.03. The van der Waals surface area contributed by atoms with Gasteiger partial charge in [0.25, 0.3) is 0 Å². The van der Waals surface area contributed by atoms with Crippen LogP contribution in [0.4, 0.5) is 0 Å². The maximum Gasteiger partial charge on any atom is 0.241 e. The first-order valence-electron chi connectivity index (χ1n) is 4.99. The van der Waals surface area contributed by atoms with E-state index in [2.05, 4.69) is 45.6 Å². The van der Waals surface area contributed by atoms with E-state index < -0.39 is 8.32 Å². The minimum absolute atomic E-state index is 0.588. The van der Waals surface area contributed by atoms with Gasteiger partial charge in [-0.2, -0.15) is 0 Å². The van der Waals surface area contributed by atoms with Crippen molar-refractivity contribution in [2.45, 2.75) is 39.9 Å². The van der Waals surface area contributed by atoms with Crippen LogP contribution in [0.1, 0.15) is 20.3 Å². The molecule has 1 aliphatic carbocycles. The van der Waals surface area contributed by atoms with Gasteiger partial charge in [-0.3, -0.25) is 0 Å². The molecule has 1 nitrogen and oxygen atoms in total. The molecule has 0 radical (unpaired) electrons. The molecule has 0 unspecified atom stereocenters. The van der Waals surface area contributed by atoms with Crippen LogP contribution in [0.15, 0.2) is 23.5 Å². The van der Waals surface area contributed by atoms with Crippen molar-refractivity contribution >= 4 is 8.32 Å². The van der Waals surface area contributed by atoms with Crippen LogP contribution in [0.5, 0.6) is 0 Å². The molecule has 0 fully saturated rings. The molecule has 0 heterocycles. The molecule has 0 aromatic rings. The van der Waals surface area contributed by atoms with Crippen LogP contribution in [0.3, 0.4) is 0 Å². The number of rotatable bonds is 3. The summed E-state index contributed by atoms with van der Waals surface area (Å²) in [6.07, 6.45) is 5.41. The Kier molecular flexibility index (Phi) is 3.01. The average Bonchev–Trinajstić information content (AvgIpc) is 2.31. The zero-order valence-electron chi connectivity index (χ0n) is 9.35. The fourth-order valence-electron chi connectivity index (χ4n) is 1.49. The molecule has 1 rings (SSSR count). The van der Waals surface area contributed by atoms with Crippen LogP contribution in [-0.4, -0.2) is 8.32 Å². The van der Waals surface area contributed by atoms with Crippen molar-refractivity contribution in [3.05, 3.63) is 23.5 Å². The summed E-state index contributed by atoms with van der Waals surface area (Å²) in [5, 5.41) is 0. The highest BCUT2D eigenvalue weighted by atomic mass is 28.4. The molecule has 0 saturated carbocycles. The standard InChI is InChI=1S/C11H20OSi/c1-9(2)10-7-6-8-11(10)12-13(3,4)5/h6-7,9H,8H2,1-5H3. The smallest absolute Gasteiger partial charge is 0.241 e. The second-order valence-electron chi connectivity index (χ2n) is 4.85. The molecule has 0 spiro atoms. The maximum atomic E-state index is 6.03. The lowest BCUT2D eigenvalue weighted by Gasteiger charge is -2.22. The van der Waals surface area contributed by atoms with Crippen molar-refractivity contribution in [1.82, 2.24) is 0 Å². The van der Waals surface area contributed by atoms with Gasteiger partial charge in [-0.1, -0.05) is 26.0 Å². The molecule has 0 N–H and O–H groups in total. The summed E-state index contributed by atoms with van der Waals surface area (Å²) in [4.78, 5) is 0. The molecule has 0 atom stereocenters. The molecular formula is C11H20OSi. The van der Waals surface area contributed by atoms with Gasteiger partial charge >= 0.3 is 0 Å². The van der Waals surface area contributed by atoms with Crippen LogP contribution in [0.2, 0.25) is 19.6 Å². The average molecular weight is 196 g/mol. The molecule has 0 bridgehead atoms. The molecule has 13 heavy (non-hydrogen) atoms. The monoisotopic (exact) mass is 196 g/mol. The van der Waals surface area contributed by atoms with Gasteiger partial charge in [-0.15, -0.1) is 0 Å². The van der Waals surface area contributed by atoms with Crippen molar-refractivity contribution in [1.29, 1.82) is 0 Å². The lowest BCUT2D eigenvalue weighted by atomic mass is 10.0. The van der Waals surface area contributed by atoms with E-state index in [9.17, 15) is 0 Å². The summed E-state index contributed by atoms with van der Waals surface area (Å²) in [7, 11) is -1.41. The third-order valence-corrected chi connectivity index (χ3v) is 2.83. The Labute approximate surface area is 82.6 Å². The minimum Gasteiger partial charge on any atom is -0.547 e. The van der Waals surface area contributed by atoms with Crippen LogP contribution >= 0.6 is 0 Å². The highest BCUT2D eigenvalue weighted by Crippen LogP contribution is 2.28. The van der Waals surface area contributed by atoms with Crippen molar-refractivity contribution < 1.29 is 4.43 Å². The van der Waals surface area contributed by atoms with E-state index in [0.717, 1.165) is 6.42 Å². The SMILES string of the molecule is CC(C)C1=C(O[Si](C)(C)C)CC=C1. The largest absolute Gasteiger partial charge is 0.547 e. The van der Waals surface area contributed by atoms with Crippen LogP contribution in [-0.2, 0) is 4.43 Å². The van der Waals surface area contributed by atoms with Gasteiger partial charge in [0.1, 0.15) is 0 Å². The van der Waals surface area contributed by atoms with Crippen molar-refractivity contribution in [2.24, 2.45) is 5.92 Å². The Balaban J connectivity index is 2.75. The quantitative estimate of drug-likeness (QED) is 0.625. The van der Waals surface area contributed by atoms with E-state index in [1.807, 2.05) is 0 Å². The molecule has 1 aliphatic rings. The molecule has 0 aromatic carbocycles. The first kappa shape index (κ1) is 10.6. The second-order valence-corrected chi connectivity index (χ2v) is 9.28. The predicted molar refractivity (Wildman–Crippen MR) is 60.1 cm³/mol. The maximum absolute atomic E-state index is 6.03. The van der Waals surface area contributed by atoms with E-state index in [1.165, 1.54) is 11.3 Å². The molecule has 0 aromatic heterocycles. The fourth-order valence-corrected chi connectivity index (χ4v) is 2.43. The van der Waals surface area contributed by atoms with Crippen LogP contribution < -0.4 is 0 Å². The van der Waals surface area contributed by atoms with Gasteiger partial charge < -0.3 is 4.43 Å². The normalized spacial score (nSPS) is 17.4. The Morgan fingerprint density at radius 1 is 1.31 bits per heavy atom. The topological polar surface area (TPSA) is 9.23 Å². The number of hydrogen-bond acceptors (Lipinski definition) is 1. The van der Waals surface area contributed by atoms with Gasteiger partial charge in [0.15, 0.2) is 0 Å². The minimum atomic E-state index is -1.41. The summed E-state index contributed by atoms with van der Waals surface area (Å²) < 4.78 is 6.03. The van der Waals surface area contributed by atoms with E-state index in [1.54, 1.807) is 0 Å². The summed E-state index contributed by atoms with van der Waals surface area (Å²) in [6, 6.07) is 0. The highest BCUT2D eigenvalue weighted by Gasteiger charge is 2.21. The van der Waals surface area contributed by atoms with Crippen LogP contribution in [0.25, 0.3) is 0 Å². The number of hydrogen-bond donors (Lipinski definition) is 0. The second kappa shape index (κ2) is 3.70. The van der Waals surface area contributed by atoms with E-state index in [0.29, 0.717) is 5.92 Å². The highest BCUT2D eigenvalue weighted by molar-refractivity contribution is 6.70. The van der Waals surface area contributed by atoms with Crippen molar-refractivity contribution in [3.63, 3.8) is 0 Å². The summed E-state index contributed by atoms with van der Waals surface area (Å²) >= 11 is 0. The fraction of sp³-hybridized carbons (Fsp3) is 0.636. The van der Waals surface area contributed by atoms with Gasteiger partial charge in [0.05, 0.1) is 5.76 Å². The zero-order chi connectivity index (χ0) is 10.1. The summed E-state index contributed by atoms with van der Waals surface area (Å²) in [5.74, 6) is 1.80. The van der Waals surface area contributed by atoms with E-state index in [4.69, 9.17) is 4.43 Å². The van der Waals surface area contributed by atoms with Gasteiger partial charge in [0.2, 0.25) is 8.32 Å². The Bertz CT molecular complexity index is 243. The van der Waals surface area contributed by atoms with Gasteiger partial charge in [-0.05, 0) is 31.1 Å². The first-order chi connectivity index (χ1) is 5.90. The van der Waals surface area contributed by atoms with Crippen LogP contribution in [0, 0.1) is 5.92 Å². The molecule has 0 aliphatic heterocycles. The van der Waals surface area contributed by atoms with E-state index >= 15 is 0 Å². The summed E-state index contributed by atoms with van der Waals surface area (Å²) in [5.41, 5.74) is 1.39. The lowest BCUT2D eigenvalue weighted by Crippen LogP contribution is -2.25. The predicted octanol–water partition coefficient (Wildman–Crippen LogP) is 3.71. The lowest BCUT2D eigenvalue weighted by molar-refractivity contribution is 0.404. The third-order valence-electron chi connectivity index (χ3n) is 1.97. The first-order valence-corrected chi connectivity index (χ1v) is 8.39. The molecule has 0 saturated heterocycles. The molecule has 2 heteroatoms. The number of allylic oxidation sites excluding steroid dienone is 3. The molecule has 74 valence electrons. The van der Waals surface area contributed by atoms with E-state index in [-0.39, 0.29) is 0 Å². The Morgan fingerprint density at radius 2 is 1.92 bits per heavy atom. The Hall–Kier alpha value is -0.503. The zero-order valence-corrected chi connectivity index (χ0v) is 10.3. The summed E-state index contributed by atoms with van der Waals surface area (Å²) in [6.45, 7) is 11.1. The Morgan fingerprint density at radius 3 is 2.38 bits per heavy atom. The van der Waals surface area contributed by atoms with Crippen molar-refractivity contribution in [2.75, 3.05) is 0 Å².